The van der Waals surface area contributed by atoms with Crippen molar-refractivity contribution in [2.24, 2.45) is 0 Å². The minimum absolute atomic E-state index is 0.176. The molecule has 1 heterocycles. The normalized spacial score (nSPS) is 20.0. The van der Waals surface area contributed by atoms with E-state index in [1.54, 1.807) is 24.3 Å². The van der Waals surface area contributed by atoms with Crippen molar-refractivity contribution in [1.29, 1.82) is 0 Å². The van der Waals surface area contributed by atoms with Crippen molar-refractivity contribution in [3.05, 3.63) is 34.9 Å². The van der Waals surface area contributed by atoms with Gasteiger partial charge in [-0.15, -0.1) is 0 Å². The number of carbonyl (C=O) groups is 1. The van der Waals surface area contributed by atoms with Crippen LogP contribution in [0.25, 0.3) is 0 Å². The van der Waals surface area contributed by atoms with E-state index in [1.165, 1.54) is 12.8 Å². The summed E-state index contributed by atoms with van der Waals surface area (Å²) in [6.07, 6.45) is 2.85. The molecule has 6 heteroatoms. The van der Waals surface area contributed by atoms with Gasteiger partial charge in [-0.05, 0) is 43.6 Å². The third-order valence-corrected chi connectivity index (χ3v) is 4.62. The Morgan fingerprint density at radius 1 is 1.35 bits per heavy atom. The lowest BCUT2D eigenvalue weighted by atomic mass is 10.0. The minimum Gasteiger partial charge on any atom is -0.387 e. The standard InChI is InChI=1S/C17H26ClN3O2/c1-2-21-10-4-3-5-15(21)11-19-17(23)20-12-16(22)13-6-8-14(18)9-7-13/h6-9,15-16,22H,2-5,10-12H2,1H3,(H2,19,20,23). The smallest absolute Gasteiger partial charge is 0.314 e. The van der Waals surface area contributed by atoms with E-state index >= 15 is 0 Å². The number of hydrogen-bond acceptors (Lipinski definition) is 3. The molecule has 0 aromatic heterocycles. The molecule has 0 saturated carbocycles. The van der Waals surface area contributed by atoms with Gasteiger partial charge in [-0.25, -0.2) is 4.79 Å². The first-order valence-electron chi connectivity index (χ1n) is 8.29. The largest absolute Gasteiger partial charge is 0.387 e. The summed E-state index contributed by atoms with van der Waals surface area (Å²) in [6, 6.07) is 7.15. The van der Waals surface area contributed by atoms with E-state index in [1.807, 2.05) is 0 Å². The number of urea groups is 1. The Kier molecular flexibility index (Phi) is 7.15. The highest BCUT2D eigenvalue weighted by Crippen LogP contribution is 2.16. The van der Waals surface area contributed by atoms with Gasteiger partial charge in [0.25, 0.3) is 0 Å². The summed E-state index contributed by atoms with van der Waals surface area (Å²) < 4.78 is 0. The predicted octanol–water partition coefficient (Wildman–Crippen LogP) is 2.55. The Bertz CT molecular complexity index is 495. The fourth-order valence-corrected chi connectivity index (χ4v) is 3.10. The lowest BCUT2D eigenvalue weighted by molar-refractivity contribution is 0.151. The first-order valence-corrected chi connectivity index (χ1v) is 8.67. The van der Waals surface area contributed by atoms with Crippen LogP contribution in [-0.2, 0) is 0 Å². The maximum absolute atomic E-state index is 11.9. The lowest BCUT2D eigenvalue weighted by Gasteiger charge is -2.34. The van der Waals surface area contributed by atoms with Gasteiger partial charge in [0.2, 0.25) is 0 Å². The molecule has 2 amide bonds. The molecule has 0 bridgehead atoms. The number of nitrogens with zero attached hydrogens (tertiary/aromatic N) is 1. The van der Waals surface area contributed by atoms with Crippen LogP contribution in [0.2, 0.25) is 5.02 Å². The fraction of sp³-hybridized carbons (Fsp3) is 0.588. The number of piperidine rings is 1. The number of hydrogen-bond donors (Lipinski definition) is 3. The summed E-state index contributed by atoms with van der Waals surface area (Å²) in [6.45, 7) is 5.11. The number of halogens is 1. The van der Waals surface area contributed by atoms with Gasteiger partial charge >= 0.3 is 6.03 Å². The molecule has 1 aromatic rings. The number of amides is 2. The number of carbonyl (C=O) groups excluding carboxylic acids is 1. The van der Waals surface area contributed by atoms with E-state index in [0.29, 0.717) is 17.6 Å². The van der Waals surface area contributed by atoms with E-state index in [0.717, 1.165) is 25.1 Å². The molecule has 1 fully saturated rings. The van der Waals surface area contributed by atoms with E-state index in [9.17, 15) is 9.90 Å². The Morgan fingerprint density at radius 3 is 2.78 bits per heavy atom. The summed E-state index contributed by atoms with van der Waals surface area (Å²) in [5.41, 5.74) is 0.735. The first-order chi connectivity index (χ1) is 11.1. The number of likely N-dealkylation sites (tertiary alicyclic amines) is 1. The lowest BCUT2D eigenvalue weighted by Crippen LogP contribution is -2.48. The molecule has 5 nitrogen and oxygen atoms in total. The highest BCUT2D eigenvalue weighted by Gasteiger charge is 2.21. The Balaban J connectivity index is 1.71. The molecule has 1 aromatic carbocycles. The predicted molar refractivity (Wildman–Crippen MR) is 92.7 cm³/mol. The van der Waals surface area contributed by atoms with Crippen molar-refractivity contribution in [3.63, 3.8) is 0 Å². The van der Waals surface area contributed by atoms with Gasteiger partial charge in [-0.1, -0.05) is 37.1 Å². The van der Waals surface area contributed by atoms with E-state index in [4.69, 9.17) is 11.6 Å². The average Bonchev–Trinajstić information content (AvgIpc) is 2.58. The molecular weight excluding hydrogens is 314 g/mol. The van der Waals surface area contributed by atoms with Crippen LogP contribution in [0.15, 0.2) is 24.3 Å². The van der Waals surface area contributed by atoms with Gasteiger partial charge < -0.3 is 15.7 Å². The summed E-state index contributed by atoms with van der Waals surface area (Å²) in [5, 5.41) is 16.3. The minimum atomic E-state index is -0.736. The summed E-state index contributed by atoms with van der Waals surface area (Å²) >= 11 is 5.82. The topological polar surface area (TPSA) is 64.6 Å². The fourth-order valence-electron chi connectivity index (χ4n) is 2.97. The second-order valence-electron chi connectivity index (χ2n) is 5.94. The molecule has 0 spiro atoms. The van der Waals surface area contributed by atoms with Crippen LogP contribution < -0.4 is 10.6 Å². The number of benzene rings is 1. The van der Waals surface area contributed by atoms with Crippen LogP contribution >= 0.6 is 11.6 Å². The van der Waals surface area contributed by atoms with Crippen molar-refractivity contribution in [1.82, 2.24) is 15.5 Å². The Hall–Kier alpha value is -1.30. The number of nitrogens with one attached hydrogen (secondary N) is 2. The van der Waals surface area contributed by atoms with Crippen molar-refractivity contribution < 1.29 is 9.90 Å². The molecule has 1 saturated heterocycles. The summed E-state index contributed by atoms with van der Waals surface area (Å²) in [7, 11) is 0. The van der Waals surface area contributed by atoms with Crippen molar-refractivity contribution in [2.45, 2.75) is 38.3 Å². The summed E-state index contributed by atoms with van der Waals surface area (Å²) in [4.78, 5) is 14.3. The van der Waals surface area contributed by atoms with Gasteiger partial charge in [0, 0.05) is 24.2 Å². The maximum atomic E-state index is 11.9. The Morgan fingerprint density at radius 2 is 2.09 bits per heavy atom. The molecule has 2 unspecified atom stereocenters. The Labute approximate surface area is 143 Å². The zero-order valence-corrected chi connectivity index (χ0v) is 14.4. The zero-order valence-electron chi connectivity index (χ0n) is 13.6. The van der Waals surface area contributed by atoms with Crippen molar-refractivity contribution in [2.75, 3.05) is 26.2 Å². The van der Waals surface area contributed by atoms with Crippen LogP contribution in [0.3, 0.4) is 0 Å². The third kappa shape index (κ3) is 5.68. The highest BCUT2D eigenvalue weighted by molar-refractivity contribution is 6.30. The first kappa shape index (κ1) is 18.0. The summed E-state index contributed by atoms with van der Waals surface area (Å²) in [5.74, 6) is 0. The molecule has 2 rings (SSSR count). The van der Waals surface area contributed by atoms with Gasteiger partial charge in [0.15, 0.2) is 0 Å². The van der Waals surface area contributed by atoms with Crippen LogP contribution in [0.5, 0.6) is 0 Å². The molecule has 2 atom stereocenters. The molecule has 3 N–H and O–H groups in total. The van der Waals surface area contributed by atoms with E-state index in [-0.39, 0.29) is 12.6 Å². The molecule has 1 aliphatic rings. The van der Waals surface area contributed by atoms with Gasteiger partial charge in [-0.3, -0.25) is 4.90 Å². The molecule has 0 aliphatic carbocycles. The average molecular weight is 340 g/mol. The van der Waals surface area contributed by atoms with Gasteiger partial charge in [-0.2, -0.15) is 0 Å². The van der Waals surface area contributed by atoms with Crippen LogP contribution in [0.1, 0.15) is 37.9 Å². The molecule has 128 valence electrons. The SMILES string of the molecule is CCN1CCCCC1CNC(=O)NCC(O)c1ccc(Cl)cc1. The second kappa shape index (κ2) is 9.11. The van der Waals surface area contributed by atoms with E-state index < -0.39 is 6.10 Å². The molecular formula is C17H26ClN3O2. The second-order valence-corrected chi connectivity index (χ2v) is 6.37. The molecule has 1 aliphatic heterocycles. The van der Waals surface area contributed by atoms with Crippen molar-refractivity contribution in [3.8, 4) is 0 Å². The number of rotatable bonds is 6. The van der Waals surface area contributed by atoms with Gasteiger partial charge in [0.05, 0.1) is 6.10 Å². The van der Waals surface area contributed by atoms with Crippen LogP contribution in [-0.4, -0.2) is 48.3 Å². The number of aliphatic hydroxyl groups excluding tert-OH is 1. The van der Waals surface area contributed by atoms with Crippen LogP contribution in [0.4, 0.5) is 4.79 Å². The van der Waals surface area contributed by atoms with Gasteiger partial charge in [0.1, 0.15) is 0 Å². The third-order valence-electron chi connectivity index (χ3n) is 4.36. The monoisotopic (exact) mass is 339 g/mol. The number of aliphatic hydroxyl groups is 1. The quantitative estimate of drug-likeness (QED) is 0.746. The zero-order chi connectivity index (χ0) is 16.7. The highest BCUT2D eigenvalue weighted by atomic mass is 35.5. The maximum Gasteiger partial charge on any atom is 0.314 e. The molecule has 0 radical (unpaired) electrons. The van der Waals surface area contributed by atoms with Crippen molar-refractivity contribution >= 4 is 17.6 Å². The van der Waals surface area contributed by atoms with E-state index in [2.05, 4.69) is 22.5 Å². The molecule has 23 heavy (non-hydrogen) atoms. The van der Waals surface area contributed by atoms with Crippen LogP contribution in [0, 0.1) is 0 Å². The number of likely N-dealkylation sites (N-methyl/N-ethyl adjacent to an activating group) is 1.